The highest BCUT2D eigenvalue weighted by Gasteiger charge is 2.50. The molecule has 3 fully saturated rings. The van der Waals surface area contributed by atoms with E-state index in [9.17, 15) is 0 Å². The first-order valence-electron chi connectivity index (χ1n) is 15.1. The lowest BCUT2D eigenvalue weighted by Crippen LogP contribution is -2.44. The Morgan fingerprint density at radius 1 is 1.00 bits per heavy atom. The molecule has 0 aromatic heterocycles. The lowest BCUT2D eigenvalue weighted by atomic mass is 9.61. The molecular weight excluding hydrogens is 452 g/mol. The molecule has 0 aromatic carbocycles. The van der Waals surface area contributed by atoms with Crippen LogP contribution in [-0.4, -0.2) is 14.4 Å². The second kappa shape index (κ2) is 11.5. The SMILES string of the molecule is C=C1CCC(O[Si](C)(C)C(C)(C)C)C/C1=C\C=C1/CCCC2(C)C1CCC2C(C)/C=C/C(C)C(C)C. The molecule has 36 heavy (non-hydrogen) atoms. The number of rotatable bonds is 7. The zero-order valence-electron chi connectivity index (χ0n) is 25.5. The first-order chi connectivity index (χ1) is 16.7. The third-order valence-electron chi connectivity index (χ3n) is 10.9. The van der Waals surface area contributed by atoms with E-state index < -0.39 is 8.32 Å². The summed E-state index contributed by atoms with van der Waals surface area (Å²) in [6.07, 6.45) is 20.4. The van der Waals surface area contributed by atoms with Crippen molar-refractivity contribution in [2.45, 2.75) is 131 Å². The molecule has 2 heteroatoms. The minimum Gasteiger partial charge on any atom is -0.414 e. The van der Waals surface area contributed by atoms with Gasteiger partial charge in [-0.05, 0) is 110 Å². The third-order valence-corrected chi connectivity index (χ3v) is 15.4. The van der Waals surface area contributed by atoms with Crippen LogP contribution in [0.2, 0.25) is 18.1 Å². The van der Waals surface area contributed by atoms with Gasteiger partial charge >= 0.3 is 0 Å². The van der Waals surface area contributed by atoms with Crippen molar-refractivity contribution >= 4 is 8.32 Å². The second-order valence-electron chi connectivity index (χ2n) is 14.7. The second-order valence-corrected chi connectivity index (χ2v) is 19.5. The van der Waals surface area contributed by atoms with Gasteiger partial charge in [-0.2, -0.15) is 0 Å². The van der Waals surface area contributed by atoms with Crippen molar-refractivity contribution in [3.05, 3.63) is 47.6 Å². The Hall–Kier alpha value is -0.863. The zero-order chi connectivity index (χ0) is 26.9. The van der Waals surface area contributed by atoms with E-state index >= 15 is 0 Å². The Balaban J connectivity index is 1.73. The van der Waals surface area contributed by atoms with Gasteiger partial charge in [-0.3, -0.25) is 0 Å². The van der Waals surface area contributed by atoms with Crippen LogP contribution in [0.1, 0.15) is 107 Å². The summed E-state index contributed by atoms with van der Waals surface area (Å²) in [6, 6.07) is 0. The van der Waals surface area contributed by atoms with E-state index in [-0.39, 0.29) is 5.04 Å². The van der Waals surface area contributed by atoms with Gasteiger partial charge in [-0.25, -0.2) is 0 Å². The zero-order valence-corrected chi connectivity index (χ0v) is 26.5. The monoisotopic (exact) mass is 510 g/mol. The summed E-state index contributed by atoms with van der Waals surface area (Å²) in [5.41, 5.74) is 4.94. The van der Waals surface area contributed by atoms with Crippen molar-refractivity contribution in [3.63, 3.8) is 0 Å². The van der Waals surface area contributed by atoms with Crippen LogP contribution in [0, 0.1) is 35.0 Å². The summed E-state index contributed by atoms with van der Waals surface area (Å²) in [5.74, 6) is 3.62. The smallest absolute Gasteiger partial charge is 0.192 e. The van der Waals surface area contributed by atoms with Crippen LogP contribution < -0.4 is 0 Å². The minimum absolute atomic E-state index is 0.262. The molecule has 0 spiro atoms. The Labute approximate surface area is 226 Å². The minimum atomic E-state index is -1.74. The molecule has 3 aliphatic rings. The molecule has 3 saturated carbocycles. The number of fused-ring (bicyclic) bond motifs is 1. The van der Waals surface area contributed by atoms with E-state index in [2.05, 4.69) is 99.4 Å². The van der Waals surface area contributed by atoms with Crippen LogP contribution in [0.5, 0.6) is 0 Å². The fourth-order valence-electron chi connectivity index (χ4n) is 6.93. The topological polar surface area (TPSA) is 9.23 Å². The van der Waals surface area contributed by atoms with Gasteiger partial charge in [0, 0.05) is 6.10 Å². The molecule has 0 bridgehead atoms. The van der Waals surface area contributed by atoms with Gasteiger partial charge in [0.25, 0.3) is 0 Å². The summed E-state index contributed by atoms with van der Waals surface area (Å²) in [6.45, 7) is 28.4. The molecular formula is C34H58OSi. The molecule has 0 radical (unpaired) electrons. The van der Waals surface area contributed by atoms with Gasteiger partial charge in [0.1, 0.15) is 0 Å². The van der Waals surface area contributed by atoms with Crippen LogP contribution in [-0.2, 0) is 4.43 Å². The fourth-order valence-corrected chi connectivity index (χ4v) is 8.31. The van der Waals surface area contributed by atoms with Crippen LogP contribution in [0.3, 0.4) is 0 Å². The van der Waals surface area contributed by atoms with Crippen LogP contribution in [0.25, 0.3) is 0 Å². The molecule has 0 heterocycles. The molecule has 1 nitrogen and oxygen atoms in total. The molecule has 0 aliphatic heterocycles. The first-order valence-corrected chi connectivity index (χ1v) is 18.0. The largest absolute Gasteiger partial charge is 0.414 e. The third kappa shape index (κ3) is 6.58. The van der Waals surface area contributed by atoms with Crippen molar-refractivity contribution in [2.75, 3.05) is 0 Å². The van der Waals surface area contributed by atoms with Crippen molar-refractivity contribution < 1.29 is 4.43 Å². The van der Waals surface area contributed by atoms with Crippen molar-refractivity contribution in [1.82, 2.24) is 0 Å². The Bertz CT molecular complexity index is 866. The van der Waals surface area contributed by atoms with E-state index in [0.29, 0.717) is 23.4 Å². The summed E-state index contributed by atoms with van der Waals surface area (Å²) in [4.78, 5) is 0. The highest BCUT2D eigenvalue weighted by Crippen LogP contribution is 2.59. The first kappa shape index (κ1) is 29.7. The molecule has 0 N–H and O–H groups in total. The number of hydrogen-bond acceptors (Lipinski definition) is 1. The highest BCUT2D eigenvalue weighted by molar-refractivity contribution is 6.74. The van der Waals surface area contributed by atoms with E-state index in [0.717, 1.165) is 37.0 Å². The molecule has 0 aromatic rings. The lowest BCUT2D eigenvalue weighted by molar-refractivity contribution is 0.112. The van der Waals surface area contributed by atoms with Crippen LogP contribution in [0.15, 0.2) is 47.6 Å². The van der Waals surface area contributed by atoms with Gasteiger partial charge in [-0.1, -0.05) is 97.4 Å². The maximum Gasteiger partial charge on any atom is 0.192 e. The Morgan fingerprint density at radius 3 is 2.33 bits per heavy atom. The standard InChI is InChI=1S/C34H58OSi/c1-24(2)25(3)14-15-27(5)31-20-21-32-28(13-12-22-34(31,32)9)17-18-29-23-30(19-16-26(29)4)35-36(10,11)33(6,7)8/h14-15,17-18,24-25,27,30-32H,4,12-13,16,19-23H2,1-3,5-11H3/b15-14+,28-17+,29-18+. The van der Waals surface area contributed by atoms with Gasteiger partial charge in [-0.15, -0.1) is 0 Å². The molecule has 6 atom stereocenters. The van der Waals surface area contributed by atoms with Gasteiger partial charge in [0.15, 0.2) is 8.32 Å². The Kier molecular flexibility index (Phi) is 9.47. The van der Waals surface area contributed by atoms with Crippen LogP contribution in [0.4, 0.5) is 0 Å². The molecule has 3 aliphatic carbocycles. The van der Waals surface area contributed by atoms with Crippen molar-refractivity contribution in [1.29, 1.82) is 0 Å². The molecule has 3 rings (SSSR count). The predicted molar refractivity (Wildman–Crippen MR) is 162 cm³/mol. The number of hydrogen-bond donors (Lipinski definition) is 0. The summed E-state index contributed by atoms with van der Waals surface area (Å²) < 4.78 is 6.82. The number of allylic oxidation sites excluding steroid dienone is 6. The van der Waals surface area contributed by atoms with Crippen molar-refractivity contribution in [3.8, 4) is 0 Å². The van der Waals surface area contributed by atoms with Gasteiger partial charge in [0.05, 0.1) is 0 Å². The summed E-state index contributed by atoms with van der Waals surface area (Å²) >= 11 is 0. The van der Waals surface area contributed by atoms with E-state index in [1.165, 1.54) is 43.3 Å². The van der Waals surface area contributed by atoms with E-state index in [1.54, 1.807) is 5.57 Å². The molecule has 0 saturated heterocycles. The highest BCUT2D eigenvalue weighted by atomic mass is 28.4. The van der Waals surface area contributed by atoms with E-state index in [4.69, 9.17) is 4.43 Å². The van der Waals surface area contributed by atoms with Crippen LogP contribution >= 0.6 is 0 Å². The maximum atomic E-state index is 6.82. The molecule has 0 amide bonds. The van der Waals surface area contributed by atoms with Gasteiger partial charge < -0.3 is 4.43 Å². The lowest BCUT2D eigenvalue weighted by Gasteiger charge is -2.44. The summed E-state index contributed by atoms with van der Waals surface area (Å²) in [7, 11) is -1.74. The average molecular weight is 511 g/mol. The fraction of sp³-hybridized carbons (Fsp3) is 0.765. The maximum absolute atomic E-state index is 6.82. The molecule has 204 valence electrons. The molecule has 6 unspecified atom stereocenters. The quantitative estimate of drug-likeness (QED) is 0.244. The van der Waals surface area contributed by atoms with Crippen molar-refractivity contribution in [2.24, 2.45) is 35.0 Å². The summed E-state index contributed by atoms with van der Waals surface area (Å²) in [5, 5.41) is 0.262. The van der Waals surface area contributed by atoms with Gasteiger partial charge in [0.2, 0.25) is 0 Å². The van der Waals surface area contributed by atoms with E-state index in [1.807, 2.05) is 0 Å². The average Bonchev–Trinajstić information content (AvgIpc) is 3.14. The Morgan fingerprint density at radius 2 is 1.69 bits per heavy atom. The predicted octanol–water partition coefficient (Wildman–Crippen LogP) is 10.7. The normalized spacial score (nSPS) is 34.1.